The average molecular weight is 521 g/mol. The first kappa shape index (κ1) is 24.7. The second kappa shape index (κ2) is 9.67. The molecule has 0 atom stereocenters. The van der Waals surface area contributed by atoms with Crippen molar-refractivity contribution in [2.45, 2.75) is 30.7 Å². The molecule has 1 saturated heterocycles. The predicted molar refractivity (Wildman–Crippen MR) is 132 cm³/mol. The van der Waals surface area contributed by atoms with Gasteiger partial charge in [-0.3, -0.25) is 14.3 Å². The van der Waals surface area contributed by atoms with E-state index in [9.17, 15) is 27.2 Å². The summed E-state index contributed by atoms with van der Waals surface area (Å²) >= 11 is 5.64. The Morgan fingerprint density at radius 1 is 1.09 bits per heavy atom. The molecule has 1 aliphatic rings. The molecule has 9 nitrogen and oxygen atoms in total. The Kier molecular flexibility index (Phi) is 6.82. The van der Waals surface area contributed by atoms with Crippen molar-refractivity contribution in [1.82, 2.24) is 5.32 Å². The smallest absolute Gasteiger partial charge is 0.319 e. The minimum Gasteiger partial charge on any atom is -0.366 e. The molecule has 0 spiro atoms. The number of hydrogen-bond acceptors (Lipinski definition) is 6. The van der Waals surface area contributed by atoms with Crippen LogP contribution in [0.25, 0.3) is 0 Å². The molecule has 1 fully saturated rings. The van der Waals surface area contributed by atoms with Crippen molar-refractivity contribution in [3.63, 3.8) is 0 Å². The van der Waals surface area contributed by atoms with E-state index in [1.807, 2.05) is 0 Å². The monoisotopic (exact) mass is 520 g/mol. The Bertz CT molecular complexity index is 1460. The molecular formula is C23H22ClFN4O5S. The van der Waals surface area contributed by atoms with Crippen molar-refractivity contribution in [3.05, 3.63) is 79.3 Å². The van der Waals surface area contributed by atoms with Crippen LogP contribution in [-0.4, -0.2) is 33.6 Å². The van der Waals surface area contributed by atoms with Crippen LogP contribution in [0.15, 0.2) is 56.9 Å². The number of carbonyl (C=O) groups excluding carboxylic acids is 1. The number of nitrogens with zero attached hydrogens (tertiary/aromatic N) is 1. The summed E-state index contributed by atoms with van der Waals surface area (Å²) in [6.07, 6.45) is 0.899. The molecule has 0 unspecified atom stereocenters. The summed E-state index contributed by atoms with van der Waals surface area (Å²) in [5.41, 5.74) is -1.09. The number of rotatable bonds is 6. The van der Waals surface area contributed by atoms with Crippen molar-refractivity contribution < 1.29 is 17.6 Å². The quantitative estimate of drug-likeness (QED) is 0.429. The summed E-state index contributed by atoms with van der Waals surface area (Å²) in [6.45, 7) is 2.28. The number of amides is 2. The second-order valence-corrected chi connectivity index (χ2v) is 10.3. The lowest BCUT2D eigenvalue weighted by molar-refractivity contribution is 0.246. The molecule has 0 aromatic heterocycles. The van der Waals surface area contributed by atoms with Gasteiger partial charge in [0, 0.05) is 24.8 Å². The lowest BCUT2D eigenvalue weighted by atomic mass is 10.0. The lowest BCUT2D eigenvalue weighted by Gasteiger charge is -2.35. The summed E-state index contributed by atoms with van der Waals surface area (Å²) in [5, 5.41) is 5.26. The number of nitrogens with one attached hydrogen (secondary N) is 3. The van der Waals surface area contributed by atoms with Gasteiger partial charge in [-0.15, -0.1) is 0 Å². The van der Waals surface area contributed by atoms with E-state index in [2.05, 4.69) is 15.4 Å². The van der Waals surface area contributed by atoms with Crippen LogP contribution in [0.3, 0.4) is 0 Å². The Hall–Kier alpha value is -3.44. The van der Waals surface area contributed by atoms with Gasteiger partial charge in [-0.25, -0.2) is 17.6 Å². The lowest BCUT2D eigenvalue weighted by Crippen LogP contribution is -2.50. The van der Waals surface area contributed by atoms with Gasteiger partial charge in [0.1, 0.15) is 17.2 Å². The standard InChI is InChI=1S/C23H22ClFN4O5S/c1-13-4-2-3-5-18(13)35(33,34)28-19-20(22(31)21(19)30)29-10-8-14(9-11-29)26-23(32)27-15-6-7-16(24)17(25)12-15/h2-7,12,14,28H,8-11H2,1H3,(H2,26,27,32). The minimum atomic E-state index is -4.05. The largest absolute Gasteiger partial charge is 0.366 e. The highest BCUT2D eigenvalue weighted by atomic mass is 35.5. The highest BCUT2D eigenvalue weighted by Crippen LogP contribution is 2.27. The summed E-state index contributed by atoms with van der Waals surface area (Å²) in [6, 6.07) is 9.48. The molecule has 3 N–H and O–H groups in total. The van der Waals surface area contributed by atoms with Gasteiger partial charge in [0.25, 0.3) is 20.9 Å². The zero-order chi connectivity index (χ0) is 25.3. The third-order valence-corrected chi connectivity index (χ3v) is 7.65. The molecule has 2 amide bonds. The number of anilines is 3. The molecule has 0 radical (unpaired) electrons. The van der Waals surface area contributed by atoms with Gasteiger partial charge in [0.05, 0.1) is 9.92 Å². The van der Waals surface area contributed by atoms with Gasteiger partial charge in [0.15, 0.2) is 0 Å². The summed E-state index contributed by atoms with van der Waals surface area (Å²) in [7, 11) is -4.05. The van der Waals surface area contributed by atoms with Gasteiger partial charge in [-0.1, -0.05) is 29.8 Å². The zero-order valence-corrected chi connectivity index (χ0v) is 20.2. The van der Waals surface area contributed by atoms with Gasteiger partial charge < -0.3 is 15.5 Å². The van der Waals surface area contributed by atoms with Crippen LogP contribution in [0.2, 0.25) is 5.02 Å². The Morgan fingerprint density at radius 3 is 2.43 bits per heavy atom. The highest BCUT2D eigenvalue weighted by Gasteiger charge is 2.32. The van der Waals surface area contributed by atoms with Gasteiger partial charge >= 0.3 is 6.03 Å². The predicted octanol–water partition coefficient (Wildman–Crippen LogP) is 2.97. The normalized spacial score (nSPS) is 14.7. The van der Waals surface area contributed by atoms with E-state index in [4.69, 9.17) is 11.6 Å². The first-order chi connectivity index (χ1) is 16.6. The molecule has 35 heavy (non-hydrogen) atoms. The molecule has 3 aromatic carbocycles. The Balaban J connectivity index is 1.39. The van der Waals surface area contributed by atoms with E-state index in [1.165, 1.54) is 18.2 Å². The van der Waals surface area contributed by atoms with E-state index < -0.39 is 32.7 Å². The molecule has 0 bridgehead atoms. The summed E-state index contributed by atoms with van der Waals surface area (Å²) in [4.78, 5) is 38.4. The van der Waals surface area contributed by atoms with Gasteiger partial charge in [-0.2, -0.15) is 0 Å². The number of halogens is 2. The van der Waals surface area contributed by atoms with Crippen LogP contribution < -0.4 is 31.1 Å². The highest BCUT2D eigenvalue weighted by molar-refractivity contribution is 7.92. The molecule has 1 aliphatic heterocycles. The number of urea groups is 1. The number of carbonyl (C=O) groups is 1. The van der Waals surface area contributed by atoms with Crippen LogP contribution in [0.1, 0.15) is 18.4 Å². The fourth-order valence-corrected chi connectivity index (χ4v) is 5.43. The number of sulfonamides is 1. The maximum Gasteiger partial charge on any atom is 0.319 e. The fourth-order valence-electron chi connectivity index (χ4n) is 4.00. The van der Waals surface area contributed by atoms with Crippen molar-refractivity contribution in [2.24, 2.45) is 0 Å². The van der Waals surface area contributed by atoms with E-state index >= 15 is 0 Å². The van der Waals surface area contributed by atoms with Crippen LogP contribution in [-0.2, 0) is 10.0 Å². The third-order valence-electron chi connectivity index (χ3n) is 5.83. The number of benzene rings is 2. The molecule has 1 heterocycles. The third kappa shape index (κ3) is 5.15. The summed E-state index contributed by atoms with van der Waals surface area (Å²) in [5.74, 6) is -0.653. The van der Waals surface area contributed by atoms with Gasteiger partial charge in [-0.05, 0) is 49.6 Å². The molecule has 0 saturated carbocycles. The van der Waals surface area contributed by atoms with Crippen molar-refractivity contribution in [3.8, 4) is 0 Å². The van der Waals surface area contributed by atoms with E-state index in [1.54, 1.807) is 30.0 Å². The topological polar surface area (TPSA) is 125 Å². The zero-order valence-electron chi connectivity index (χ0n) is 18.6. The van der Waals surface area contributed by atoms with Crippen molar-refractivity contribution >= 4 is 44.7 Å². The molecule has 4 rings (SSSR count). The average Bonchev–Trinajstić information content (AvgIpc) is 2.82. The fraction of sp³-hybridized carbons (Fsp3) is 0.261. The summed E-state index contributed by atoms with van der Waals surface area (Å²) < 4.78 is 41.4. The first-order valence-electron chi connectivity index (χ1n) is 10.8. The SMILES string of the molecule is Cc1ccccc1S(=O)(=O)Nc1c(N2CCC(NC(=O)Nc3ccc(Cl)c(F)c3)CC2)c(=O)c1=O. The van der Waals surface area contributed by atoms with Crippen LogP contribution >= 0.6 is 11.6 Å². The first-order valence-corrected chi connectivity index (χ1v) is 12.6. The number of aryl methyl sites for hydroxylation is 1. The van der Waals surface area contributed by atoms with E-state index in [0.717, 1.165) is 6.07 Å². The maximum absolute atomic E-state index is 13.5. The maximum atomic E-state index is 13.5. The molecule has 12 heteroatoms. The second-order valence-electron chi connectivity index (χ2n) is 8.24. The van der Waals surface area contributed by atoms with Crippen molar-refractivity contribution in [1.29, 1.82) is 0 Å². The Morgan fingerprint density at radius 2 is 1.77 bits per heavy atom. The molecule has 184 valence electrons. The van der Waals surface area contributed by atoms with Crippen LogP contribution in [0, 0.1) is 12.7 Å². The van der Waals surface area contributed by atoms with E-state index in [-0.39, 0.29) is 33.0 Å². The van der Waals surface area contributed by atoms with Crippen molar-refractivity contribution in [2.75, 3.05) is 28.0 Å². The Labute approximate surface area is 205 Å². The van der Waals surface area contributed by atoms with Gasteiger partial charge in [0.2, 0.25) is 0 Å². The van der Waals surface area contributed by atoms with E-state index in [0.29, 0.717) is 31.5 Å². The van der Waals surface area contributed by atoms with Crippen LogP contribution in [0.5, 0.6) is 0 Å². The number of hydrogen-bond donors (Lipinski definition) is 3. The number of piperidine rings is 1. The minimum absolute atomic E-state index is 0.0217. The molecule has 0 aliphatic carbocycles. The van der Waals surface area contributed by atoms with Crippen LogP contribution in [0.4, 0.5) is 26.2 Å². The molecule has 3 aromatic rings. The molecular weight excluding hydrogens is 499 g/mol.